The molecule has 292 valence electrons. The van der Waals surface area contributed by atoms with E-state index >= 15 is 0 Å². The third-order valence-electron chi connectivity index (χ3n) is 17.8. The average molecular weight is 738 g/mol. The molecule has 0 amide bonds. The van der Waals surface area contributed by atoms with Gasteiger partial charge in [-0.25, -0.2) is 13.2 Å². The molecule has 0 aromatic heterocycles. The van der Waals surface area contributed by atoms with Gasteiger partial charge in [0.1, 0.15) is 9.84 Å². The summed E-state index contributed by atoms with van der Waals surface area (Å²) in [4.78, 5) is 14.0. The van der Waals surface area contributed by atoms with E-state index in [1.54, 1.807) is 12.1 Å². The van der Waals surface area contributed by atoms with Crippen LogP contribution in [0.4, 0.5) is 0 Å². The van der Waals surface area contributed by atoms with E-state index in [-0.39, 0.29) is 27.0 Å². The highest BCUT2D eigenvalue weighted by atomic mass is 32.2. The fourth-order valence-electron chi connectivity index (χ4n) is 15.1. The lowest BCUT2D eigenvalue weighted by Crippen LogP contribution is -2.74. The Balaban J connectivity index is 1.07. The molecule has 7 nitrogen and oxygen atoms in total. The van der Waals surface area contributed by atoms with Gasteiger partial charge in [0.2, 0.25) is 0 Å². The Morgan fingerprint density at radius 1 is 0.904 bits per heavy atom. The number of carbonyl (C=O) groups is 1. The molecular formula is C44H71N3O4S. The van der Waals surface area contributed by atoms with Gasteiger partial charge in [-0.2, -0.15) is 0 Å². The Kier molecular flexibility index (Phi) is 10.2. The van der Waals surface area contributed by atoms with E-state index in [2.05, 4.69) is 63.9 Å². The Morgan fingerprint density at radius 3 is 2.23 bits per heavy atom. The van der Waals surface area contributed by atoms with Crippen LogP contribution in [0.3, 0.4) is 0 Å². The summed E-state index contributed by atoms with van der Waals surface area (Å²) in [7, 11) is -2.94. The second-order valence-electron chi connectivity index (χ2n) is 20.5. The highest BCUT2D eigenvalue weighted by Crippen LogP contribution is 2.75. The van der Waals surface area contributed by atoms with Crippen molar-refractivity contribution in [2.45, 2.75) is 135 Å². The number of hydrogen-bond acceptors (Lipinski definition) is 6. The fourth-order valence-corrected chi connectivity index (χ4v) is 16.2. The van der Waals surface area contributed by atoms with Crippen molar-refractivity contribution in [1.29, 1.82) is 0 Å². The van der Waals surface area contributed by atoms with Crippen LogP contribution in [0, 0.1) is 57.2 Å². The lowest BCUT2D eigenvalue weighted by Gasteiger charge is -2.73. The highest BCUT2D eigenvalue weighted by molar-refractivity contribution is 7.91. The maximum Gasteiger partial charge on any atom is 0.335 e. The van der Waals surface area contributed by atoms with Crippen LogP contribution in [-0.4, -0.2) is 74.2 Å². The number of sulfone groups is 1. The summed E-state index contributed by atoms with van der Waals surface area (Å²) in [6.07, 6.45) is 15.4. The summed E-state index contributed by atoms with van der Waals surface area (Å²) in [6.45, 7) is 20.1. The van der Waals surface area contributed by atoms with E-state index in [1.807, 2.05) is 0 Å². The summed E-state index contributed by atoms with van der Waals surface area (Å²) in [6, 6.07) is 7.78. The molecule has 5 aliphatic carbocycles. The Morgan fingerprint density at radius 2 is 1.60 bits per heavy atom. The Bertz CT molecular complexity index is 1590. The maximum atomic E-state index is 12.1. The van der Waals surface area contributed by atoms with Gasteiger partial charge >= 0.3 is 5.97 Å². The van der Waals surface area contributed by atoms with E-state index in [0.717, 1.165) is 64.3 Å². The largest absolute Gasteiger partial charge is 0.478 e. The van der Waals surface area contributed by atoms with Gasteiger partial charge in [0.25, 0.3) is 0 Å². The predicted molar refractivity (Wildman–Crippen MR) is 211 cm³/mol. The summed E-state index contributed by atoms with van der Waals surface area (Å²) < 4.78 is 24.1. The molecule has 1 aromatic carbocycles. The SMILES string of the molecule is CC(C)[C@@H]1CC[C@]2(CNCCN3CCC(S(C)(=O)=O)CC3)CC[C@]3(N)[C@H](CC[C@@H]4[C@@]5(C)CC[C@@H](c6ccc(C(=O)O)cc6)C(C)(C)[C@@H]5CC[C@]43C)[C@@H]12. The molecule has 10 atom stereocenters. The quantitative estimate of drug-likeness (QED) is 0.220. The number of fused-ring (bicyclic) bond motifs is 7. The minimum Gasteiger partial charge on any atom is -0.478 e. The van der Waals surface area contributed by atoms with Crippen molar-refractivity contribution in [1.82, 2.24) is 10.2 Å². The Hall–Kier alpha value is -1.48. The summed E-state index contributed by atoms with van der Waals surface area (Å²) in [5.74, 6) is 3.49. The van der Waals surface area contributed by atoms with Crippen molar-refractivity contribution >= 4 is 15.8 Å². The van der Waals surface area contributed by atoms with Crippen LogP contribution in [0.2, 0.25) is 0 Å². The second kappa shape index (κ2) is 13.6. The summed E-state index contributed by atoms with van der Waals surface area (Å²) in [5, 5.41) is 13.3. The fraction of sp³-hybridized carbons (Fsp3) is 0.841. The van der Waals surface area contributed by atoms with Crippen molar-refractivity contribution in [3.8, 4) is 0 Å². The van der Waals surface area contributed by atoms with E-state index in [9.17, 15) is 18.3 Å². The number of aromatic carboxylic acids is 1. The zero-order valence-electron chi connectivity index (χ0n) is 33.6. The lowest BCUT2D eigenvalue weighted by atomic mass is 9.33. The summed E-state index contributed by atoms with van der Waals surface area (Å²) in [5.41, 5.74) is 10.5. The third kappa shape index (κ3) is 6.15. The maximum absolute atomic E-state index is 12.1. The van der Waals surface area contributed by atoms with Gasteiger partial charge in [0, 0.05) is 31.4 Å². The van der Waals surface area contributed by atoms with E-state index < -0.39 is 15.8 Å². The molecule has 5 saturated carbocycles. The molecule has 0 spiro atoms. The lowest BCUT2D eigenvalue weighted by molar-refractivity contribution is -0.211. The molecule has 8 heteroatoms. The second-order valence-corrected chi connectivity index (χ2v) is 22.8. The first-order valence-corrected chi connectivity index (χ1v) is 23.1. The monoisotopic (exact) mass is 738 g/mol. The Labute approximate surface area is 315 Å². The molecule has 1 saturated heterocycles. The molecule has 0 radical (unpaired) electrons. The smallest absolute Gasteiger partial charge is 0.335 e. The van der Waals surface area contributed by atoms with Crippen LogP contribution >= 0.6 is 0 Å². The van der Waals surface area contributed by atoms with Gasteiger partial charge in [0.15, 0.2) is 0 Å². The first-order valence-electron chi connectivity index (χ1n) is 21.1. The van der Waals surface area contributed by atoms with Gasteiger partial charge < -0.3 is 21.1 Å². The molecular weight excluding hydrogens is 667 g/mol. The first kappa shape index (κ1) is 38.8. The topological polar surface area (TPSA) is 113 Å². The number of nitrogens with one attached hydrogen (secondary N) is 1. The van der Waals surface area contributed by atoms with E-state index in [1.165, 1.54) is 63.2 Å². The van der Waals surface area contributed by atoms with Crippen molar-refractivity contribution in [2.24, 2.45) is 62.9 Å². The molecule has 1 aliphatic heterocycles. The van der Waals surface area contributed by atoms with Crippen LogP contribution in [0.25, 0.3) is 0 Å². The summed E-state index contributed by atoms with van der Waals surface area (Å²) >= 11 is 0. The standard InChI is InChI=1S/C44H71N3O4S/c1-29(2)33-14-21-43(28-46-24-27-47-25-17-32(18-26-47)52(7,50)51)22-23-44(45)35(38(33)43)12-13-37-41(5)19-15-34(30-8-10-31(11-9-30)39(48)49)40(3,4)36(41)16-20-42(37,44)6/h8-11,29,32-38,46H,12-28,45H2,1-7H3,(H,48,49)/t33-,34-,35+,36-,37+,38+,41-,42+,43+,44-/m0/s1. The van der Waals surface area contributed by atoms with Gasteiger partial charge in [-0.3, -0.25) is 0 Å². The molecule has 1 aromatic rings. The number of hydrogen-bond donors (Lipinski definition) is 3. The zero-order chi connectivity index (χ0) is 37.5. The van der Waals surface area contributed by atoms with Crippen LogP contribution < -0.4 is 11.1 Å². The van der Waals surface area contributed by atoms with Gasteiger partial charge in [-0.1, -0.05) is 53.7 Å². The van der Waals surface area contributed by atoms with Crippen LogP contribution in [0.15, 0.2) is 24.3 Å². The number of piperidine rings is 1. The molecule has 6 aliphatic rings. The molecule has 52 heavy (non-hydrogen) atoms. The van der Waals surface area contributed by atoms with Crippen LogP contribution in [-0.2, 0) is 9.84 Å². The minimum absolute atomic E-state index is 0.128. The molecule has 0 unspecified atom stereocenters. The van der Waals surface area contributed by atoms with Crippen LogP contribution in [0.5, 0.6) is 0 Å². The highest BCUT2D eigenvalue weighted by Gasteiger charge is 2.71. The number of carboxylic acid groups (broad SMARTS) is 1. The van der Waals surface area contributed by atoms with Crippen molar-refractivity contribution in [3.63, 3.8) is 0 Å². The van der Waals surface area contributed by atoms with Gasteiger partial charge in [-0.05, 0) is 171 Å². The number of rotatable bonds is 9. The number of nitrogens with two attached hydrogens (primary N) is 1. The number of benzene rings is 1. The molecule has 4 N–H and O–H groups in total. The minimum atomic E-state index is -2.94. The first-order chi connectivity index (χ1) is 24.4. The van der Waals surface area contributed by atoms with Gasteiger partial charge in [-0.15, -0.1) is 0 Å². The van der Waals surface area contributed by atoms with Crippen molar-refractivity contribution < 1.29 is 18.3 Å². The average Bonchev–Trinajstić information content (AvgIpc) is 3.47. The predicted octanol–water partition coefficient (Wildman–Crippen LogP) is 8.00. The zero-order valence-corrected chi connectivity index (χ0v) is 34.4. The van der Waals surface area contributed by atoms with Crippen LogP contribution in [0.1, 0.15) is 140 Å². The molecule has 0 bridgehead atoms. The van der Waals surface area contributed by atoms with Crippen molar-refractivity contribution in [3.05, 3.63) is 35.4 Å². The normalized spacial score (nSPS) is 42.2. The van der Waals surface area contributed by atoms with E-state index in [4.69, 9.17) is 5.73 Å². The molecule has 6 fully saturated rings. The van der Waals surface area contributed by atoms with Crippen molar-refractivity contribution in [2.75, 3.05) is 39.0 Å². The third-order valence-corrected chi connectivity index (χ3v) is 19.5. The van der Waals surface area contributed by atoms with Gasteiger partial charge in [0.05, 0.1) is 10.8 Å². The number of likely N-dealkylation sites (tertiary alicyclic amines) is 1. The molecule has 7 rings (SSSR count). The molecule has 1 heterocycles. The number of carboxylic acids is 1. The number of nitrogens with zero attached hydrogens (tertiary/aromatic N) is 1. The van der Waals surface area contributed by atoms with E-state index in [0.29, 0.717) is 46.5 Å².